The lowest BCUT2D eigenvalue weighted by atomic mass is 10.0. The van der Waals surface area contributed by atoms with Gasteiger partial charge in [0.2, 0.25) is 0 Å². The number of benzene rings is 1. The second-order valence-electron chi connectivity index (χ2n) is 5.21. The lowest BCUT2D eigenvalue weighted by molar-refractivity contribution is 0.102. The molecule has 3 heteroatoms. The molecule has 0 saturated carbocycles. The second kappa shape index (κ2) is 6.83. The molecule has 1 rings (SSSR count). The van der Waals surface area contributed by atoms with Gasteiger partial charge in [-0.05, 0) is 31.7 Å². The van der Waals surface area contributed by atoms with Crippen molar-refractivity contribution in [2.75, 3.05) is 11.5 Å². The van der Waals surface area contributed by atoms with Gasteiger partial charge in [-0.15, -0.1) is 0 Å². The van der Waals surface area contributed by atoms with Crippen molar-refractivity contribution in [3.8, 4) is 0 Å². The van der Waals surface area contributed by atoms with E-state index in [1.54, 1.807) is 0 Å². The first-order chi connectivity index (χ1) is 8.40. The van der Waals surface area contributed by atoms with Crippen LogP contribution >= 0.6 is 0 Å². The van der Waals surface area contributed by atoms with Gasteiger partial charge in [-0.3, -0.25) is 9.00 Å². The van der Waals surface area contributed by atoms with Crippen molar-refractivity contribution in [3.63, 3.8) is 0 Å². The van der Waals surface area contributed by atoms with Gasteiger partial charge < -0.3 is 0 Å². The number of rotatable bonds is 6. The van der Waals surface area contributed by atoms with Gasteiger partial charge in [-0.1, -0.05) is 37.6 Å². The van der Waals surface area contributed by atoms with Crippen LogP contribution in [0.2, 0.25) is 0 Å². The van der Waals surface area contributed by atoms with E-state index < -0.39 is 10.8 Å². The van der Waals surface area contributed by atoms with E-state index in [1.165, 1.54) is 0 Å². The Bertz CT molecular complexity index is 450. The highest BCUT2D eigenvalue weighted by Crippen LogP contribution is 2.12. The first-order valence-electron chi connectivity index (χ1n) is 6.35. The maximum Gasteiger partial charge on any atom is 0.175 e. The maximum atomic E-state index is 12.0. The van der Waals surface area contributed by atoms with Crippen LogP contribution in [0, 0.1) is 19.8 Å². The molecule has 0 aromatic heterocycles. The van der Waals surface area contributed by atoms with Crippen LogP contribution in [0.25, 0.3) is 0 Å². The Morgan fingerprint density at radius 1 is 1.28 bits per heavy atom. The SMILES string of the molecule is Cc1ccc(C(=O)CS(=O)CCC(C)C)c(C)c1. The van der Waals surface area contributed by atoms with Gasteiger partial charge in [0.25, 0.3) is 0 Å². The van der Waals surface area contributed by atoms with Crippen LogP contribution in [0.3, 0.4) is 0 Å². The van der Waals surface area contributed by atoms with E-state index in [0.717, 1.165) is 17.5 Å². The van der Waals surface area contributed by atoms with Gasteiger partial charge >= 0.3 is 0 Å². The zero-order valence-corrected chi connectivity index (χ0v) is 12.5. The summed E-state index contributed by atoms with van der Waals surface area (Å²) in [6.07, 6.45) is 0.909. The summed E-state index contributed by atoms with van der Waals surface area (Å²) in [4.78, 5) is 12.0. The van der Waals surface area contributed by atoms with E-state index in [-0.39, 0.29) is 11.5 Å². The molecule has 2 nitrogen and oxygen atoms in total. The van der Waals surface area contributed by atoms with Gasteiger partial charge in [-0.2, -0.15) is 0 Å². The number of carbonyl (C=O) groups is 1. The van der Waals surface area contributed by atoms with E-state index in [0.29, 0.717) is 17.2 Å². The molecule has 18 heavy (non-hydrogen) atoms. The predicted octanol–water partition coefficient (Wildman–Crippen LogP) is 3.28. The van der Waals surface area contributed by atoms with E-state index in [2.05, 4.69) is 13.8 Å². The largest absolute Gasteiger partial charge is 0.293 e. The summed E-state index contributed by atoms with van der Waals surface area (Å²) in [5, 5.41) is 0. The lowest BCUT2D eigenvalue weighted by Gasteiger charge is -2.07. The summed E-state index contributed by atoms with van der Waals surface area (Å²) >= 11 is 0. The molecule has 0 radical (unpaired) electrons. The summed E-state index contributed by atoms with van der Waals surface area (Å²) in [5.74, 6) is 1.30. The highest BCUT2D eigenvalue weighted by Gasteiger charge is 2.13. The zero-order chi connectivity index (χ0) is 13.7. The third-order valence-corrected chi connectivity index (χ3v) is 4.17. The van der Waals surface area contributed by atoms with E-state index in [9.17, 15) is 9.00 Å². The van der Waals surface area contributed by atoms with Crippen molar-refractivity contribution >= 4 is 16.6 Å². The molecule has 0 aliphatic carbocycles. The molecule has 1 aromatic rings. The summed E-state index contributed by atoms with van der Waals surface area (Å²) in [6.45, 7) is 8.13. The minimum absolute atomic E-state index is 0.00501. The summed E-state index contributed by atoms with van der Waals surface area (Å²) in [7, 11) is -1.03. The molecule has 0 fully saturated rings. The minimum atomic E-state index is -1.03. The number of Topliss-reactive ketones (excluding diaryl/α,β-unsaturated/α-hetero) is 1. The van der Waals surface area contributed by atoms with Crippen LogP contribution < -0.4 is 0 Å². The van der Waals surface area contributed by atoms with Gasteiger partial charge in [0.05, 0.1) is 5.75 Å². The number of hydrogen-bond donors (Lipinski definition) is 0. The molecule has 0 N–H and O–H groups in total. The fraction of sp³-hybridized carbons (Fsp3) is 0.533. The van der Waals surface area contributed by atoms with Crippen LogP contribution in [0.15, 0.2) is 18.2 Å². The van der Waals surface area contributed by atoms with Crippen LogP contribution in [0.4, 0.5) is 0 Å². The molecular formula is C15H22O2S. The van der Waals surface area contributed by atoms with E-state index in [4.69, 9.17) is 0 Å². The van der Waals surface area contributed by atoms with E-state index in [1.807, 2.05) is 32.0 Å². The average Bonchev–Trinajstić information content (AvgIpc) is 2.26. The fourth-order valence-corrected chi connectivity index (χ4v) is 3.12. The van der Waals surface area contributed by atoms with Crippen LogP contribution in [-0.4, -0.2) is 21.5 Å². The highest BCUT2D eigenvalue weighted by molar-refractivity contribution is 7.85. The molecule has 0 aliphatic heterocycles. The summed E-state index contributed by atoms with van der Waals surface area (Å²) < 4.78 is 11.8. The van der Waals surface area contributed by atoms with Gasteiger partial charge in [0.1, 0.15) is 0 Å². The Morgan fingerprint density at radius 3 is 2.50 bits per heavy atom. The number of carbonyl (C=O) groups excluding carboxylic acids is 1. The predicted molar refractivity (Wildman–Crippen MR) is 77.6 cm³/mol. The average molecular weight is 266 g/mol. The second-order valence-corrected chi connectivity index (χ2v) is 6.79. The maximum absolute atomic E-state index is 12.0. The van der Waals surface area contributed by atoms with Gasteiger partial charge in [0, 0.05) is 22.1 Å². The van der Waals surface area contributed by atoms with Crippen molar-refractivity contribution in [2.45, 2.75) is 34.1 Å². The van der Waals surface area contributed by atoms with Crippen LogP contribution in [-0.2, 0) is 10.8 Å². The molecular weight excluding hydrogens is 244 g/mol. The van der Waals surface area contributed by atoms with Crippen molar-refractivity contribution in [2.24, 2.45) is 5.92 Å². The summed E-state index contributed by atoms with van der Waals surface area (Å²) in [5.41, 5.74) is 2.82. The highest BCUT2D eigenvalue weighted by atomic mass is 32.2. The van der Waals surface area contributed by atoms with Crippen molar-refractivity contribution in [3.05, 3.63) is 34.9 Å². The van der Waals surface area contributed by atoms with Gasteiger partial charge in [0.15, 0.2) is 5.78 Å². The fourth-order valence-electron chi connectivity index (χ4n) is 1.79. The number of aryl methyl sites for hydroxylation is 2. The quantitative estimate of drug-likeness (QED) is 0.740. The molecule has 1 aromatic carbocycles. The Morgan fingerprint density at radius 2 is 1.94 bits per heavy atom. The molecule has 1 unspecified atom stereocenters. The first-order valence-corrected chi connectivity index (χ1v) is 7.84. The lowest BCUT2D eigenvalue weighted by Crippen LogP contribution is -2.15. The topological polar surface area (TPSA) is 34.1 Å². The van der Waals surface area contributed by atoms with Crippen LogP contribution in [0.1, 0.15) is 41.8 Å². The monoisotopic (exact) mass is 266 g/mol. The Kier molecular flexibility index (Phi) is 5.73. The number of hydrogen-bond acceptors (Lipinski definition) is 2. The standard InChI is InChI=1S/C15H22O2S/c1-11(2)7-8-18(17)10-15(16)14-6-5-12(3)9-13(14)4/h5-6,9,11H,7-8,10H2,1-4H3. The van der Waals surface area contributed by atoms with Gasteiger partial charge in [-0.25, -0.2) is 0 Å². The Balaban J connectivity index is 2.62. The molecule has 0 saturated heterocycles. The normalized spacial score (nSPS) is 12.7. The molecule has 0 spiro atoms. The third-order valence-electron chi connectivity index (χ3n) is 2.90. The molecule has 0 amide bonds. The van der Waals surface area contributed by atoms with Crippen molar-refractivity contribution < 1.29 is 9.00 Å². The van der Waals surface area contributed by atoms with Crippen molar-refractivity contribution in [1.29, 1.82) is 0 Å². The molecule has 100 valence electrons. The van der Waals surface area contributed by atoms with Crippen molar-refractivity contribution in [1.82, 2.24) is 0 Å². The third kappa shape index (κ3) is 4.73. The smallest absolute Gasteiger partial charge is 0.175 e. The van der Waals surface area contributed by atoms with E-state index >= 15 is 0 Å². The zero-order valence-electron chi connectivity index (χ0n) is 11.7. The Labute approximate surface area is 112 Å². The minimum Gasteiger partial charge on any atom is -0.293 e. The Hall–Kier alpha value is -0.960. The molecule has 0 heterocycles. The number of ketones is 1. The molecule has 0 bridgehead atoms. The molecule has 1 atom stereocenters. The summed E-state index contributed by atoms with van der Waals surface area (Å²) in [6, 6.07) is 5.76. The first kappa shape index (κ1) is 15.1. The van der Waals surface area contributed by atoms with Crippen LogP contribution in [0.5, 0.6) is 0 Å². The molecule has 0 aliphatic rings.